The summed E-state index contributed by atoms with van der Waals surface area (Å²) in [6.45, 7) is 0. The summed E-state index contributed by atoms with van der Waals surface area (Å²) in [4.78, 5) is 4.74. The van der Waals surface area contributed by atoms with Crippen LogP contribution in [0.1, 0.15) is 0 Å². The van der Waals surface area contributed by atoms with Gasteiger partial charge in [-0.15, -0.1) is 0 Å². The minimum atomic E-state index is 0.897. The second-order valence-electron chi connectivity index (χ2n) is 29.0. The third-order valence-electron chi connectivity index (χ3n) is 22.4. The zero-order chi connectivity index (χ0) is 75.4. The summed E-state index contributed by atoms with van der Waals surface area (Å²) >= 11 is 0. The van der Waals surface area contributed by atoms with E-state index in [1.807, 2.05) is 24.3 Å². The molecular formula is C108H72N4O2. The van der Waals surface area contributed by atoms with Crippen LogP contribution in [-0.2, 0) is 0 Å². The fourth-order valence-electron chi connectivity index (χ4n) is 17.3. The Hall–Kier alpha value is -15.2. The number of para-hydroxylation sites is 6. The Morgan fingerprint density at radius 3 is 0.825 bits per heavy atom. The predicted octanol–water partition coefficient (Wildman–Crippen LogP) is 30.3. The van der Waals surface area contributed by atoms with E-state index in [9.17, 15) is 0 Å². The molecular weight excluding hydrogens is 1390 g/mol. The van der Waals surface area contributed by atoms with E-state index in [-0.39, 0.29) is 0 Å². The van der Waals surface area contributed by atoms with Crippen LogP contribution in [0.2, 0.25) is 0 Å². The Bertz CT molecular complexity index is 7240. The highest BCUT2D eigenvalue weighted by molar-refractivity contribution is 6.15. The van der Waals surface area contributed by atoms with Crippen LogP contribution in [0.3, 0.4) is 0 Å². The van der Waals surface area contributed by atoms with Gasteiger partial charge in [0.1, 0.15) is 22.3 Å². The van der Waals surface area contributed by atoms with Crippen LogP contribution in [0.15, 0.2) is 446 Å². The molecule has 0 N–H and O–H groups in total. The molecule has 0 bridgehead atoms. The molecule has 22 aromatic rings. The first-order valence-electron chi connectivity index (χ1n) is 38.9. The molecule has 0 fully saturated rings. The van der Waals surface area contributed by atoms with Crippen LogP contribution < -0.4 is 9.80 Å². The molecule has 0 atom stereocenters. The number of aromatic nitrogens is 2. The molecule has 0 unspecified atom stereocenters. The smallest absolute Gasteiger partial charge is 0.136 e. The molecule has 536 valence electrons. The molecule has 0 aliphatic rings. The number of anilines is 6. The Morgan fingerprint density at radius 1 is 0.167 bits per heavy atom. The van der Waals surface area contributed by atoms with Crippen molar-refractivity contribution in [1.82, 2.24) is 9.13 Å². The van der Waals surface area contributed by atoms with Gasteiger partial charge in [-0.1, -0.05) is 303 Å². The van der Waals surface area contributed by atoms with Crippen molar-refractivity contribution < 1.29 is 8.83 Å². The number of benzene rings is 18. The third kappa shape index (κ3) is 11.9. The number of rotatable bonds is 14. The van der Waals surface area contributed by atoms with E-state index in [1.165, 1.54) is 82.6 Å². The van der Waals surface area contributed by atoms with Crippen molar-refractivity contribution in [3.05, 3.63) is 437 Å². The van der Waals surface area contributed by atoms with Crippen LogP contribution in [0.5, 0.6) is 0 Å². The van der Waals surface area contributed by atoms with E-state index in [0.717, 1.165) is 117 Å². The first-order valence-corrected chi connectivity index (χ1v) is 38.9. The summed E-state index contributed by atoms with van der Waals surface area (Å²) in [7, 11) is 0. The number of hydrogen-bond acceptors (Lipinski definition) is 4. The summed E-state index contributed by atoms with van der Waals surface area (Å²) in [5, 5.41) is 9.53. The van der Waals surface area contributed by atoms with Crippen molar-refractivity contribution in [3.8, 4) is 78.1 Å². The van der Waals surface area contributed by atoms with Crippen molar-refractivity contribution in [2.75, 3.05) is 9.80 Å². The van der Waals surface area contributed by atoms with E-state index in [4.69, 9.17) is 8.83 Å². The molecule has 0 amide bonds. The summed E-state index contributed by atoms with van der Waals surface area (Å²) in [6, 6.07) is 156. The maximum atomic E-state index is 6.26. The zero-order valence-corrected chi connectivity index (χ0v) is 62.2. The lowest BCUT2D eigenvalue weighted by Crippen LogP contribution is -2.10. The fraction of sp³-hybridized carbons (Fsp3) is 0. The summed E-state index contributed by atoms with van der Waals surface area (Å²) < 4.78 is 17.3. The summed E-state index contributed by atoms with van der Waals surface area (Å²) in [5.74, 6) is 0. The van der Waals surface area contributed by atoms with Gasteiger partial charge in [0.2, 0.25) is 0 Å². The minimum Gasteiger partial charge on any atom is -0.456 e. The van der Waals surface area contributed by atoms with Crippen molar-refractivity contribution in [2.24, 2.45) is 0 Å². The predicted molar refractivity (Wildman–Crippen MR) is 478 cm³/mol. The standard InChI is InChI=1S/2C54H36N2O/c1-2-15-37(16-3-1)44-21-4-5-22-45(44)39-17-12-18-41(35-39)55(40-33-31-38(32-34-40)46-26-14-30-53-54(46)49-25-8-11-29-52(49)57-53)42-19-13-20-43(36-42)56-50-27-9-6-23-47(50)48-24-7-10-28-51(48)56;1-2-14-37(15-3-1)44-18-4-5-19-45(44)38-28-32-40(33-29-38)55(41-34-30-39(31-35-41)46-23-13-27-53-54(46)49-22-8-11-26-52(49)57-53)42-16-12-17-43(36-42)56-50-24-9-6-20-47(50)48-21-7-10-25-51(48)56/h2*1-36H. The number of nitrogens with zero attached hydrogens (tertiary/aromatic N) is 4. The third-order valence-corrected chi connectivity index (χ3v) is 22.4. The molecule has 6 heteroatoms. The van der Waals surface area contributed by atoms with Crippen LogP contribution in [0.4, 0.5) is 34.1 Å². The Kier molecular flexibility index (Phi) is 16.8. The molecule has 0 saturated heterocycles. The van der Waals surface area contributed by atoms with Gasteiger partial charge < -0.3 is 27.8 Å². The summed E-state index contributed by atoms with van der Waals surface area (Å²) in [6.07, 6.45) is 0. The Morgan fingerprint density at radius 2 is 0.430 bits per heavy atom. The number of fused-ring (bicyclic) bond motifs is 12. The van der Waals surface area contributed by atoms with E-state index >= 15 is 0 Å². The van der Waals surface area contributed by atoms with Gasteiger partial charge in [-0.25, -0.2) is 0 Å². The van der Waals surface area contributed by atoms with Crippen molar-refractivity contribution in [1.29, 1.82) is 0 Å². The molecule has 0 spiro atoms. The monoisotopic (exact) mass is 1460 g/mol. The average molecular weight is 1460 g/mol. The topological polar surface area (TPSA) is 42.6 Å². The van der Waals surface area contributed by atoms with Gasteiger partial charge in [0.25, 0.3) is 0 Å². The van der Waals surface area contributed by atoms with Gasteiger partial charge in [-0.2, -0.15) is 0 Å². The highest BCUT2D eigenvalue weighted by Crippen LogP contribution is 2.46. The van der Waals surface area contributed by atoms with E-state index in [1.54, 1.807) is 0 Å². The van der Waals surface area contributed by atoms with Crippen molar-refractivity contribution in [2.45, 2.75) is 0 Å². The SMILES string of the molecule is c1ccc(-c2ccccc2-c2ccc(N(c3ccc(-c4cccc5oc6ccccc6c45)cc3)c3cccc(-n4c5ccccc5c5ccccc54)c3)cc2)cc1.c1ccc(-c2ccccc2-c2cccc(N(c3ccc(-c4cccc5oc6ccccc6c45)cc3)c3cccc(-n4c5ccccc5c5ccccc54)c3)c2)cc1. The van der Waals surface area contributed by atoms with Crippen LogP contribution in [0, 0.1) is 0 Å². The maximum Gasteiger partial charge on any atom is 0.136 e. The molecule has 22 rings (SSSR count). The second-order valence-corrected chi connectivity index (χ2v) is 29.0. The van der Waals surface area contributed by atoms with Crippen molar-refractivity contribution >= 4 is 122 Å². The Labute approximate surface area is 660 Å². The maximum absolute atomic E-state index is 6.26. The van der Waals surface area contributed by atoms with E-state index in [0.29, 0.717) is 0 Å². The molecule has 0 aliphatic heterocycles. The van der Waals surface area contributed by atoms with E-state index < -0.39 is 0 Å². The minimum absolute atomic E-state index is 0.897. The lowest BCUT2D eigenvalue weighted by Gasteiger charge is -2.27. The molecule has 18 aromatic carbocycles. The van der Waals surface area contributed by atoms with Gasteiger partial charge in [0.15, 0.2) is 0 Å². The zero-order valence-electron chi connectivity index (χ0n) is 62.2. The van der Waals surface area contributed by atoms with E-state index in [2.05, 4.69) is 431 Å². The lowest BCUT2D eigenvalue weighted by atomic mass is 9.94. The molecule has 6 nitrogen and oxygen atoms in total. The largest absolute Gasteiger partial charge is 0.456 e. The van der Waals surface area contributed by atoms with Gasteiger partial charge in [-0.05, 0) is 200 Å². The highest BCUT2D eigenvalue weighted by Gasteiger charge is 2.23. The quantitative estimate of drug-likeness (QED) is 0.109. The van der Waals surface area contributed by atoms with Gasteiger partial charge >= 0.3 is 0 Å². The van der Waals surface area contributed by atoms with Gasteiger partial charge in [0.05, 0.1) is 22.1 Å². The number of furan rings is 2. The van der Waals surface area contributed by atoms with Crippen LogP contribution in [0.25, 0.3) is 166 Å². The van der Waals surface area contributed by atoms with Gasteiger partial charge in [-0.3, -0.25) is 0 Å². The number of hydrogen-bond donors (Lipinski definition) is 0. The molecule has 0 aliphatic carbocycles. The lowest BCUT2D eigenvalue weighted by molar-refractivity contribution is 0.668. The normalized spacial score (nSPS) is 11.5. The Balaban J connectivity index is 0.000000143. The fourth-order valence-corrected chi connectivity index (χ4v) is 17.3. The van der Waals surface area contributed by atoms with Crippen LogP contribution in [-0.4, -0.2) is 9.13 Å². The summed E-state index contributed by atoms with van der Waals surface area (Å²) in [5.41, 5.74) is 31.2. The second kappa shape index (κ2) is 28.6. The molecule has 4 heterocycles. The molecule has 0 saturated carbocycles. The highest BCUT2D eigenvalue weighted by atomic mass is 16.3. The molecule has 0 radical (unpaired) electrons. The average Bonchev–Trinajstić information content (AvgIpc) is 1.59. The first-order chi connectivity index (χ1) is 56.6. The molecule has 4 aromatic heterocycles. The van der Waals surface area contributed by atoms with Crippen LogP contribution >= 0.6 is 0 Å². The van der Waals surface area contributed by atoms with Crippen molar-refractivity contribution in [3.63, 3.8) is 0 Å². The van der Waals surface area contributed by atoms with Gasteiger partial charge in [0, 0.05) is 88.6 Å². The molecule has 114 heavy (non-hydrogen) atoms. The first kappa shape index (κ1) is 66.9.